The van der Waals surface area contributed by atoms with Crippen molar-refractivity contribution in [2.75, 3.05) is 0 Å². The number of carbonyl (C=O) groups excluding carboxylic acids is 1. The minimum atomic E-state index is -0.365. The van der Waals surface area contributed by atoms with E-state index in [1.54, 1.807) is 6.07 Å². The molecule has 6 heteroatoms. The van der Waals surface area contributed by atoms with Crippen molar-refractivity contribution in [1.29, 1.82) is 5.41 Å². The second-order valence-electron chi connectivity index (χ2n) is 5.04. The number of fused-ring (bicyclic) bond motifs is 1. The molecule has 4 N–H and O–H groups in total. The van der Waals surface area contributed by atoms with E-state index in [-0.39, 0.29) is 24.3 Å². The second kappa shape index (κ2) is 6.98. The highest BCUT2D eigenvalue weighted by Crippen LogP contribution is 2.21. The molecule has 0 bridgehead atoms. The van der Waals surface area contributed by atoms with E-state index in [0.717, 1.165) is 17.4 Å². The fraction of sp³-hybridized carbons (Fsp3) is 0.0588. The summed E-state index contributed by atoms with van der Waals surface area (Å²) < 4.78 is 2.09. The Morgan fingerprint density at radius 3 is 2.52 bits per heavy atom. The molecule has 0 fully saturated rings. The number of hydrogen-bond acceptors (Lipinski definition) is 2. The van der Waals surface area contributed by atoms with Gasteiger partial charge in [0.1, 0.15) is 0 Å². The number of rotatable bonds is 3. The fourth-order valence-corrected chi connectivity index (χ4v) is 2.53. The summed E-state index contributed by atoms with van der Waals surface area (Å²) >= 11 is 0. The summed E-state index contributed by atoms with van der Waals surface area (Å²) in [6.45, 7) is 0.738. The average Bonchev–Trinajstić information content (AvgIpc) is 2.91. The Bertz CT molecular complexity index is 842. The number of nitrogens with one attached hydrogen (secondary N) is 2. The molecule has 0 radical (unpaired) electrons. The SMILES string of the molecule is Cl.N=C(N)NC(=O)c1cccc2c1ccn2Cc1ccccc1. The molecule has 0 unspecified atom stereocenters. The van der Waals surface area contributed by atoms with Gasteiger partial charge < -0.3 is 10.3 Å². The number of halogens is 1. The number of benzene rings is 2. The molecule has 1 heterocycles. The summed E-state index contributed by atoms with van der Waals surface area (Å²) in [6, 6.07) is 17.6. The summed E-state index contributed by atoms with van der Waals surface area (Å²) in [5.41, 5.74) is 7.91. The highest BCUT2D eigenvalue weighted by molar-refractivity contribution is 6.11. The van der Waals surface area contributed by atoms with Crippen molar-refractivity contribution in [3.8, 4) is 0 Å². The first kappa shape index (κ1) is 16.6. The van der Waals surface area contributed by atoms with Gasteiger partial charge in [0.15, 0.2) is 5.96 Å². The second-order valence-corrected chi connectivity index (χ2v) is 5.04. The molecule has 23 heavy (non-hydrogen) atoms. The molecule has 0 aliphatic rings. The van der Waals surface area contributed by atoms with Gasteiger partial charge in [0.25, 0.3) is 5.91 Å². The zero-order valence-corrected chi connectivity index (χ0v) is 13.1. The van der Waals surface area contributed by atoms with Crippen LogP contribution < -0.4 is 11.1 Å². The summed E-state index contributed by atoms with van der Waals surface area (Å²) in [6.07, 6.45) is 1.96. The molecule has 2 aromatic carbocycles. The molecule has 1 aromatic heterocycles. The first-order chi connectivity index (χ1) is 10.6. The molecule has 0 aliphatic heterocycles. The van der Waals surface area contributed by atoms with E-state index in [1.165, 1.54) is 5.56 Å². The van der Waals surface area contributed by atoms with E-state index < -0.39 is 0 Å². The van der Waals surface area contributed by atoms with E-state index in [0.29, 0.717) is 5.56 Å². The molecule has 3 rings (SSSR count). The number of amides is 1. The van der Waals surface area contributed by atoms with Crippen LogP contribution in [0.15, 0.2) is 60.8 Å². The van der Waals surface area contributed by atoms with Crippen molar-refractivity contribution in [1.82, 2.24) is 9.88 Å². The zero-order chi connectivity index (χ0) is 15.5. The van der Waals surface area contributed by atoms with Gasteiger partial charge in [-0.2, -0.15) is 0 Å². The Balaban J connectivity index is 0.00000192. The van der Waals surface area contributed by atoms with Gasteiger partial charge in [0, 0.05) is 29.2 Å². The van der Waals surface area contributed by atoms with Crippen LogP contribution in [0.3, 0.4) is 0 Å². The van der Waals surface area contributed by atoms with Gasteiger partial charge in [-0.3, -0.25) is 15.5 Å². The van der Waals surface area contributed by atoms with Crippen LogP contribution in [0.5, 0.6) is 0 Å². The smallest absolute Gasteiger partial charge is 0.258 e. The summed E-state index contributed by atoms with van der Waals surface area (Å²) in [4.78, 5) is 12.1. The molecule has 0 spiro atoms. The predicted molar refractivity (Wildman–Crippen MR) is 94.1 cm³/mol. The summed E-state index contributed by atoms with van der Waals surface area (Å²) in [5, 5.41) is 10.3. The number of nitrogens with zero attached hydrogens (tertiary/aromatic N) is 1. The van der Waals surface area contributed by atoms with Crippen LogP contribution in [0.4, 0.5) is 0 Å². The third-order valence-electron chi connectivity index (χ3n) is 3.50. The Morgan fingerprint density at radius 2 is 1.83 bits per heavy atom. The normalized spacial score (nSPS) is 10.1. The third kappa shape index (κ3) is 3.52. The van der Waals surface area contributed by atoms with Crippen molar-refractivity contribution < 1.29 is 4.79 Å². The maximum atomic E-state index is 12.1. The molecule has 0 saturated carbocycles. The largest absolute Gasteiger partial charge is 0.370 e. The topological polar surface area (TPSA) is 83.9 Å². The van der Waals surface area contributed by atoms with Crippen LogP contribution >= 0.6 is 12.4 Å². The zero-order valence-electron chi connectivity index (χ0n) is 12.3. The van der Waals surface area contributed by atoms with Crippen LogP contribution in [0, 0.1) is 5.41 Å². The Kier molecular flexibility index (Phi) is 5.03. The van der Waals surface area contributed by atoms with Crippen LogP contribution in [0.1, 0.15) is 15.9 Å². The molecular weight excluding hydrogens is 312 g/mol. The van der Waals surface area contributed by atoms with Crippen molar-refractivity contribution in [2.24, 2.45) is 5.73 Å². The average molecular weight is 329 g/mol. The standard InChI is InChI=1S/C17H16N4O.ClH/c18-17(19)20-16(22)14-7-4-8-15-13(14)9-10-21(15)11-12-5-2-1-3-6-12;/h1-10H,11H2,(H4,18,19,20,22);1H. The Labute approximate surface area is 140 Å². The fourth-order valence-electron chi connectivity index (χ4n) is 2.53. The molecule has 0 atom stereocenters. The van der Waals surface area contributed by atoms with Crippen molar-refractivity contribution in [3.05, 3.63) is 71.9 Å². The minimum Gasteiger partial charge on any atom is -0.370 e. The lowest BCUT2D eigenvalue weighted by atomic mass is 10.1. The molecule has 3 aromatic rings. The van der Waals surface area contributed by atoms with Gasteiger partial charge in [0.2, 0.25) is 0 Å². The van der Waals surface area contributed by atoms with E-state index in [1.807, 2.05) is 42.6 Å². The monoisotopic (exact) mass is 328 g/mol. The van der Waals surface area contributed by atoms with Crippen molar-refractivity contribution in [3.63, 3.8) is 0 Å². The molecule has 0 aliphatic carbocycles. The predicted octanol–water partition coefficient (Wildman–Crippen LogP) is 2.73. The lowest BCUT2D eigenvalue weighted by Crippen LogP contribution is -2.35. The Hall–Kier alpha value is -2.79. The van der Waals surface area contributed by atoms with Gasteiger partial charge in [-0.05, 0) is 23.8 Å². The van der Waals surface area contributed by atoms with E-state index in [9.17, 15) is 4.79 Å². The molecule has 118 valence electrons. The van der Waals surface area contributed by atoms with Crippen LogP contribution in [0.25, 0.3) is 10.9 Å². The van der Waals surface area contributed by atoms with Gasteiger partial charge in [-0.15, -0.1) is 12.4 Å². The number of aromatic nitrogens is 1. The number of nitrogens with two attached hydrogens (primary N) is 1. The van der Waals surface area contributed by atoms with Crippen molar-refractivity contribution >= 4 is 35.2 Å². The van der Waals surface area contributed by atoms with E-state index >= 15 is 0 Å². The molecule has 0 saturated heterocycles. The van der Waals surface area contributed by atoms with Gasteiger partial charge in [0.05, 0.1) is 0 Å². The highest BCUT2D eigenvalue weighted by atomic mass is 35.5. The van der Waals surface area contributed by atoms with Gasteiger partial charge >= 0.3 is 0 Å². The van der Waals surface area contributed by atoms with Crippen LogP contribution in [-0.2, 0) is 6.54 Å². The molecule has 1 amide bonds. The minimum absolute atomic E-state index is 0. The number of hydrogen-bond donors (Lipinski definition) is 3. The third-order valence-corrected chi connectivity index (χ3v) is 3.50. The van der Waals surface area contributed by atoms with Crippen LogP contribution in [-0.4, -0.2) is 16.4 Å². The summed E-state index contributed by atoms with van der Waals surface area (Å²) in [7, 11) is 0. The van der Waals surface area contributed by atoms with Crippen LogP contribution in [0.2, 0.25) is 0 Å². The molecule has 5 nitrogen and oxygen atoms in total. The maximum Gasteiger partial charge on any atom is 0.258 e. The van der Waals surface area contributed by atoms with Gasteiger partial charge in [-0.1, -0.05) is 36.4 Å². The van der Waals surface area contributed by atoms with Crippen molar-refractivity contribution in [2.45, 2.75) is 6.54 Å². The maximum absolute atomic E-state index is 12.1. The Morgan fingerprint density at radius 1 is 1.09 bits per heavy atom. The summed E-state index contributed by atoms with van der Waals surface area (Å²) in [5.74, 6) is -0.721. The van der Waals surface area contributed by atoms with E-state index in [4.69, 9.17) is 11.1 Å². The number of guanidine groups is 1. The lowest BCUT2D eigenvalue weighted by molar-refractivity contribution is 0.0978. The lowest BCUT2D eigenvalue weighted by Gasteiger charge is -2.07. The highest BCUT2D eigenvalue weighted by Gasteiger charge is 2.12. The van der Waals surface area contributed by atoms with Gasteiger partial charge in [-0.25, -0.2) is 0 Å². The first-order valence-corrected chi connectivity index (χ1v) is 6.92. The quantitative estimate of drug-likeness (QED) is 0.510. The van der Waals surface area contributed by atoms with E-state index in [2.05, 4.69) is 22.0 Å². The molecular formula is C17H17ClN4O. The number of carbonyl (C=O) groups is 1. The first-order valence-electron chi connectivity index (χ1n) is 6.92.